The van der Waals surface area contributed by atoms with Gasteiger partial charge in [-0.2, -0.15) is 0 Å². The average Bonchev–Trinajstić information content (AvgIpc) is 2.86. The second-order valence-electron chi connectivity index (χ2n) is 5.08. The van der Waals surface area contributed by atoms with Crippen molar-refractivity contribution in [1.82, 2.24) is 14.5 Å². The van der Waals surface area contributed by atoms with Gasteiger partial charge in [-0.15, -0.1) is 0 Å². The zero-order valence-corrected chi connectivity index (χ0v) is 13.1. The molecule has 22 heavy (non-hydrogen) atoms. The molecule has 1 aromatic heterocycles. The average molecular weight is 303 g/mol. The summed E-state index contributed by atoms with van der Waals surface area (Å²) in [6.07, 6.45) is 3.54. The van der Waals surface area contributed by atoms with E-state index in [1.807, 2.05) is 36.9 Å². The number of likely N-dealkylation sites (N-methyl/N-ethyl adjacent to an activating group) is 1. The standard InChI is InChI=1S/C16H21N3O3/c1-4-22-13-8-6-5-7-12(13)15(16(20)21)19(3)11-14-17-9-10-18(14)2/h5-10,15H,4,11H2,1-3H3,(H,20,21). The summed E-state index contributed by atoms with van der Waals surface area (Å²) in [4.78, 5) is 17.8. The number of aromatic nitrogens is 2. The Morgan fingerprint density at radius 1 is 1.45 bits per heavy atom. The van der Waals surface area contributed by atoms with E-state index >= 15 is 0 Å². The van der Waals surface area contributed by atoms with Crippen molar-refractivity contribution in [3.63, 3.8) is 0 Å². The fourth-order valence-electron chi connectivity index (χ4n) is 2.42. The van der Waals surface area contributed by atoms with E-state index in [2.05, 4.69) is 4.98 Å². The third-order valence-corrected chi connectivity index (χ3v) is 3.50. The van der Waals surface area contributed by atoms with E-state index in [1.165, 1.54) is 0 Å². The zero-order chi connectivity index (χ0) is 16.1. The molecule has 1 N–H and O–H groups in total. The van der Waals surface area contributed by atoms with Crippen molar-refractivity contribution in [1.29, 1.82) is 0 Å². The topological polar surface area (TPSA) is 67.6 Å². The summed E-state index contributed by atoms with van der Waals surface area (Å²) in [5, 5.41) is 9.66. The molecule has 0 saturated carbocycles. The molecule has 0 spiro atoms. The molecular weight excluding hydrogens is 282 g/mol. The van der Waals surface area contributed by atoms with Gasteiger partial charge in [-0.3, -0.25) is 9.69 Å². The highest BCUT2D eigenvalue weighted by molar-refractivity contribution is 5.76. The van der Waals surface area contributed by atoms with Gasteiger partial charge in [-0.05, 0) is 20.0 Å². The predicted octanol–water partition coefficient (Wildman–Crippen LogP) is 2.08. The first-order valence-corrected chi connectivity index (χ1v) is 7.15. The van der Waals surface area contributed by atoms with Crippen LogP contribution in [-0.2, 0) is 18.4 Å². The number of aliphatic carboxylic acids is 1. The minimum absolute atomic E-state index is 0.431. The van der Waals surface area contributed by atoms with Crippen LogP contribution >= 0.6 is 0 Å². The Morgan fingerprint density at radius 2 is 2.18 bits per heavy atom. The van der Waals surface area contributed by atoms with Crippen molar-refractivity contribution in [3.8, 4) is 5.75 Å². The van der Waals surface area contributed by atoms with Crippen molar-refractivity contribution in [3.05, 3.63) is 48.0 Å². The Hall–Kier alpha value is -2.34. The van der Waals surface area contributed by atoms with Crippen molar-refractivity contribution in [2.75, 3.05) is 13.7 Å². The number of nitrogens with zero attached hydrogens (tertiary/aromatic N) is 3. The number of carboxylic acid groups (broad SMARTS) is 1. The molecule has 1 unspecified atom stereocenters. The number of para-hydroxylation sites is 1. The van der Waals surface area contributed by atoms with Crippen LogP contribution in [0.25, 0.3) is 0 Å². The van der Waals surface area contributed by atoms with E-state index in [1.54, 1.807) is 30.3 Å². The maximum absolute atomic E-state index is 11.8. The van der Waals surface area contributed by atoms with Crippen LogP contribution in [0, 0.1) is 0 Å². The van der Waals surface area contributed by atoms with Gasteiger partial charge in [-0.25, -0.2) is 4.98 Å². The molecule has 0 amide bonds. The number of hydrogen-bond donors (Lipinski definition) is 1. The Balaban J connectivity index is 2.30. The maximum atomic E-state index is 11.8. The van der Waals surface area contributed by atoms with Crippen LogP contribution in [0.1, 0.15) is 24.4 Å². The molecule has 0 saturated heterocycles. The van der Waals surface area contributed by atoms with Crippen LogP contribution in [0.4, 0.5) is 0 Å². The first-order valence-electron chi connectivity index (χ1n) is 7.15. The summed E-state index contributed by atoms with van der Waals surface area (Å²) in [5.74, 6) is 0.496. The molecule has 0 aliphatic rings. The molecule has 1 atom stereocenters. The first-order chi connectivity index (χ1) is 10.5. The number of ether oxygens (including phenoxy) is 1. The van der Waals surface area contributed by atoms with Crippen LogP contribution in [-0.4, -0.2) is 39.2 Å². The van der Waals surface area contributed by atoms with Crippen LogP contribution < -0.4 is 4.74 Å². The summed E-state index contributed by atoms with van der Waals surface area (Å²) in [5.41, 5.74) is 0.647. The van der Waals surface area contributed by atoms with Gasteiger partial charge in [0.2, 0.25) is 0 Å². The molecule has 0 bridgehead atoms. The first kappa shape index (κ1) is 16.0. The molecule has 6 nitrogen and oxygen atoms in total. The highest BCUT2D eigenvalue weighted by atomic mass is 16.5. The number of aryl methyl sites for hydroxylation is 1. The molecule has 0 aliphatic carbocycles. The lowest BCUT2D eigenvalue weighted by atomic mass is 10.0. The molecule has 0 aliphatic heterocycles. The fourth-order valence-corrected chi connectivity index (χ4v) is 2.42. The van der Waals surface area contributed by atoms with Crippen molar-refractivity contribution in [2.24, 2.45) is 7.05 Å². The Morgan fingerprint density at radius 3 is 2.77 bits per heavy atom. The molecule has 1 heterocycles. The summed E-state index contributed by atoms with van der Waals surface area (Å²) >= 11 is 0. The van der Waals surface area contributed by atoms with Gasteiger partial charge in [0.15, 0.2) is 0 Å². The van der Waals surface area contributed by atoms with Gasteiger partial charge in [-0.1, -0.05) is 18.2 Å². The lowest BCUT2D eigenvalue weighted by Crippen LogP contribution is -2.31. The van der Waals surface area contributed by atoms with Gasteiger partial charge in [0.05, 0.1) is 13.2 Å². The monoisotopic (exact) mass is 303 g/mol. The maximum Gasteiger partial charge on any atom is 0.325 e. The third-order valence-electron chi connectivity index (χ3n) is 3.50. The minimum atomic E-state index is -0.913. The van der Waals surface area contributed by atoms with E-state index in [-0.39, 0.29) is 0 Å². The Kier molecular flexibility index (Phi) is 5.16. The van der Waals surface area contributed by atoms with Crippen molar-refractivity contribution < 1.29 is 14.6 Å². The van der Waals surface area contributed by atoms with Crippen LogP contribution in [0.5, 0.6) is 5.75 Å². The molecule has 2 aromatic rings. The molecule has 6 heteroatoms. The van der Waals surface area contributed by atoms with E-state index in [0.717, 1.165) is 5.82 Å². The number of imidazole rings is 1. The van der Waals surface area contributed by atoms with Crippen molar-refractivity contribution in [2.45, 2.75) is 19.5 Å². The molecule has 0 fully saturated rings. The van der Waals surface area contributed by atoms with Crippen LogP contribution in [0.2, 0.25) is 0 Å². The second kappa shape index (κ2) is 7.09. The lowest BCUT2D eigenvalue weighted by Gasteiger charge is -2.26. The van der Waals surface area contributed by atoms with E-state index < -0.39 is 12.0 Å². The zero-order valence-electron chi connectivity index (χ0n) is 13.1. The molecular formula is C16H21N3O3. The summed E-state index contributed by atoms with van der Waals surface area (Å²) < 4.78 is 7.45. The smallest absolute Gasteiger partial charge is 0.325 e. The van der Waals surface area contributed by atoms with E-state index in [9.17, 15) is 9.90 Å². The number of rotatable bonds is 7. The molecule has 1 aromatic carbocycles. The van der Waals surface area contributed by atoms with E-state index in [0.29, 0.717) is 24.5 Å². The number of benzene rings is 1. The minimum Gasteiger partial charge on any atom is -0.494 e. The van der Waals surface area contributed by atoms with Gasteiger partial charge in [0.25, 0.3) is 0 Å². The van der Waals surface area contributed by atoms with Crippen LogP contribution in [0.15, 0.2) is 36.7 Å². The molecule has 118 valence electrons. The highest BCUT2D eigenvalue weighted by Crippen LogP contribution is 2.29. The van der Waals surface area contributed by atoms with E-state index in [4.69, 9.17) is 4.74 Å². The molecule has 0 radical (unpaired) electrons. The Labute approximate surface area is 130 Å². The number of hydrogen-bond acceptors (Lipinski definition) is 4. The quantitative estimate of drug-likeness (QED) is 0.848. The summed E-state index contributed by atoms with van der Waals surface area (Å²) in [7, 11) is 3.66. The third kappa shape index (κ3) is 3.46. The number of carbonyl (C=O) groups is 1. The summed E-state index contributed by atoms with van der Waals surface area (Å²) in [6.45, 7) is 2.80. The Bertz CT molecular complexity index is 639. The fraction of sp³-hybridized carbons (Fsp3) is 0.375. The number of carboxylic acids is 1. The normalized spacial score (nSPS) is 12.4. The van der Waals surface area contributed by atoms with Crippen molar-refractivity contribution >= 4 is 5.97 Å². The lowest BCUT2D eigenvalue weighted by molar-refractivity contribution is -0.143. The van der Waals surface area contributed by atoms with Crippen LogP contribution in [0.3, 0.4) is 0 Å². The largest absolute Gasteiger partial charge is 0.494 e. The van der Waals surface area contributed by atoms with Gasteiger partial charge in [0, 0.05) is 25.0 Å². The molecule has 2 rings (SSSR count). The highest BCUT2D eigenvalue weighted by Gasteiger charge is 2.28. The second-order valence-corrected chi connectivity index (χ2v) is 5.08. The van der Waals surface area contributed by atoms with Gasteiger partial charge < -0.3 is 14.4 Å². The summed E-state index contributed by atoms with van der Waals surface area (Å²) in [6, 6.07) is 6.45. The van der Waals surface area contributed by atoms with Gasteiger partial charge in [0.1, 0.15) is 17.6 Å². The SMILES string of the molecule is CCOc1ccccc1C(C(=O)O)N(C)Cc1nccn1C. The van der Waals surface area contributed by atoms with Gasteiger partial charge >= 0.3 is 5.97 Å². The predicted molar refractivity (Wildman–Crippen MR) is 82.7 cm³/mol.